The molecule has 2 heteroatoms. The largest absolute Gasteiger partial charge is 0.374 e. The molecule has 0 aromatic carbocycles. The van der Waals surface area contributed by atoms with Crippen LogP contribution in [0.4, 0.5) is 0 Å². The van der Waals surface area contributed by atoms with Crippen LogP contribution in [0, 0.1) is 17.8 Å². The van der Waals surface area contributed by atoms with Crippen LogP contribution in [0.25, 0.3) is 0 Å². The highest BCUT2D eigenvalue weighted by atomic mass is 16.5. The molecule has 0 amide bonds. The Morgan fingerprint density at radius 3 is 2.78 bits per heavy atom. The van der Waals surface area contributed by atoms with E-state index in [9.17, 15) is 0 Å². The van der Waals surface area contributed by atoms with Gasteiger partial charge in [0.1, 0.15) is 0 Å². The summed E-state index contributed by atoms with van der Waals surface area (Å²) in [5, 5.41) is 0. The third kappa shape index (κ3) is 1.86. The highest BCUT2D eigenvalue weighted by molar-refractivity contribution is 5.12. The van der Waals surface area contributed by atoms with Gasteiger partial charge in [-0.2, -0.15) is 0 Å². The van der Waals surface area contributed by atoms with E-state index in [4.69, 9.17) is 9.47 Å². The maximum absolute atomic E-state index is 6.20. The number of ether oxygens (including phenoxy) is 2. The molecule has 5 atom stereocenters. The third-order valence-corrected chi connectivity index (χ3v) is 5.33. The van der Waals surface area contributed by atoms with Crippen molar-refractivity contribution in [3.8, 4) is 0 Å². The Kier molecular flexibility index (Phi) is 3.33. The van der Waals surface area contributed by atoms with Gasteiger partial charge in [-0.05, 0) is 49.9 Å². The van der Waals surface area contributed by atoms with E-state index in [-0.39, 0.29) is 5.60 Å². The minimum absolute atomic E-state index is 0.163. The molecule has 0 spiro atoms. The summed E-state index contributed by atoms with van der Waals surface area (Å²) in [6, 6.07) is 0. The molecule has 3 aliphatic carbocycles. The second-order valence-electron chi connectivity index (χ2n) is 6.15. The molecule has 0 aromatic heterocycles. The average molecular weight is 248 g/mol. The van der Waals surface area contributed by atoms with Crippen LogP contribution in [0.3, 0.4) is 0 Å². The summed E-state index contributed by atoms with van der Waals surface area (Å²) >= 11 is 0. The fraction of sp³-hybridized carbons (Fsp3) is 0.750. The predicted octanol–water partition coefficient (Wildman–Crippen LogP) is 3.34. The van der Waals surface area contributed by atoms with E-state index in [1.54, 1.807) is 0 Å². The van der Waals surface area contributed by atoms with E-state index < -0.39 is 0 Å². The Labute approximate surface area is 110 Å². The van der Waals surface area contributed by atoms with Crippen molar-refractivity contribution in [2.75, 3.05) is 13.2 Å². The van der Waals surface area contributed by atoms with Crippen LogP contribution < -0.4 is 0 Å². The van der Waals surface area contributed by atoms with Crippen molar-refractivity contribution < 1.29 is 9.47 Å². The molecule has 3 saturated carbocycles. The van der Waals surface area contributed by atoms with Gasteiger partial charge in [-0.15, -0.1) is 13.2 Å². The zero-order valence-electron chi connectivity index (χ0n) is 11.1. The van der Waals surface area contributed by atoms with Gasteiger partial charge in [0, 0.05) is 0 Å². The molecule has 5 unspecified atom stereocenters. The van der Waals surface area contributed by atoms with Crippen LogP contribution in [0.1, 0.15) is 32.1 Å². The van der Waals surface area contributed by atoms with Crippen LogP contribution >= 0.6 is 0 Å². The Bertz CT molecular complexity index is 338. The predicted molar refractivity (Wildman–Crippen MR) is 72.4 cm³/mol. The van der Waals surface area contributed by atoms with Crippen LogP contribution in [0.15, 0.2) is 25.3 Å². The van der Waals surface area contributed by atoms with E-state index in [0.717, 1.165) is 17.8 Å². The molecule has 0 aliphatic heterocycles. The van der Waals surface area contributed by atoms with Crippen molar-refractivity contribution in [3.05, 3.63) is 25.3 Å². The van der Waals surface area contributed by atoms with Gasteiger partial charge in [-0.1, -0.05) is 12.2 Å². The van der Waals surface area contributed by atoms with Gasteiger partial charge in [-0.25, -0.2) is 0 Å². The van der Waals surface area contributed by atoms with E-state index in [1.807, 2.05) is 12.2 Å². The Morgan fingerprint density at radius 2 is 2.00 bits per heavy atom. The Hall–Kier alpha value is -0.600. The highest BCUT2D eigenvalue weighted by Gasteiger charge is 2.61. The zero-order valence-corrected chi connectivity index (χ0v) is 11.1. The molecule has 0 heterocycles. The molecular formula is C16H24O2. The topological polar surface area (TPSA) is 18.5 Å². The van der Waals surface area contributed by atoms with Crippen molar-refractivity contribution in [2.24, 2.45) is 17.8 Å². The fourth-order valence-corrected chi connectivity index (χ4v) is 4.73. The minimum atomic E-state index is 0.163. The quantitative estimate of drug-likeness (QED) is 0.671. The SMILES string of the molecule is C=CCOC1CC2C3CCC(OCC=C)(C3)C2C1. The van der Waals surface area contributed by atoms with E-state index in [1.165, 1.54) is 32.1 Å². The lowest BCUT2D eigenvalue weighted by Gasteiger charge is -2.35. The van der Waals surface area contributed by atoms with Crippen LogP contribution in [0.5, 0.6) is 0 Å². The summed E-state index contributed by atoms with van der Waals surface area (Å²) in [6.07, 6.45) is 10.5. The van der Waals surface area contributed by atoms with Gasteiger partial charge in [0.05, 0.1) is 24.9 Å². The van der Waals surface area contributed by atoms with E-state index in [0.29, 0.717) is 19.3 Å². The summed E-state index contributed by atoms with van der Waals surface area (Å²) in [4.78, 5) is 0. The summed E-state index contributed by atoms with van der Waals surface area (Å²) in [7, 11) is 0. The summed E-state index contributed by atoms with van der Waals surface area (Å²) < 4.78 is 12.1. The zero-order chi connectivity index (χ0) is 12.6. The molecule has 0 N–H and O–H groups in total. The first-order valence-electron chi connectivity index (χ1n) is 7.26. The molecule has 3 rings (SSSR count). The third-order valence-electron chi connectivity index (χ3n) is 5.33. The fourth-order valence-electron chi connectivity index (χ4n) is 4.73. The molecule has 100 valence electrons. The first-order chi connectivity index (χ1) is 8.79. The first-order valence-corrected chi connectivity index (χ1v) is 7.26. The number of rotatable bonds is 6. The summed E-state index contributed by atoms with van der Waals surface area (Å²) in [5.41, 5.74) is 0.163. The molecule has 2 bridgehead atoms. The van der Waals surface area contributed by atoms with Crippen molar-refractivity contribution in [3.63, 3.8) is 0 Å². The van der Waals surface area contributed by atoms with Crippen molar-refractivity contribution in [1.29, 1.82) is 0 Å². The average Bonchev–Trinajstić information content (AvgIpc) is 3.04. The second-order valence-corrected chi connectivity index (χ2v) is 6.15. The standard InChI is InChI=1S/C16H24O2/c1-3-7-17-13-9-14-12-5-6-16(11-12,15(14)10-13)18-8-4-2/h3-4,12-15H,1-2,5-11H2. The van der Waals surface area contributed by atoms with E-state index in [2.05, 4.69) is 13.2 Å². The normalized spacial score (nSPS) is 45.1. The van der Waals surface area contributed by atoms with Crippen LogP contribution in [0.2, 0.25) is 0 Å². The summed E-state index contributed by atoms with van der Waals surface area (Å²) in [6.45, 7) is 8.90. The van der Waals surface area contributed by atoms with Gasteiger partial charge >= 0.3 is 0 Å². The monoisotopic (exact) mass is 248 g/mol. The minimum Gasteiger partial charge on any atom is -0.374 e. The molecule has 0 aromatic rings. The number of fused-ring (bicyclic) bond motifs is 5. The van der Waals surface area contributed by atoms with Crippen LogP contribution in [-0.4, -0.2) is 24.9 Å². The maximum Gasteiger partial charge on any atom is 0.0721 e. The lowest BCUT2D eigenvalue weighted by Crippen LogP contribution is -2.37. The van der Waals surface area contributed by atoms with Gasteiger partial charge in [0.25, 0.3) is 0 Å². The van der Waals surface area contributed by atoms with E-state index >= 15 is 0 Å². The number of hydrogen-bond donors (Lipinski definition) is 0. The second kappa shape index (κ2) is 4.82. The molecule has 3 aliphatic rings. The molecular weight excluding hydrogens is 224 g/mol. The van der Waals surface area contributed by atoms with Gasteiger partial charge in [0.2, 0.25) is 0 Å². The lowest BCUT2D eigenvalue weighted by molar-refractivity contribution is -0.0685. The maximum atomic E-state index is 6.20. The van der Waals surface area contributed by atoms with Gasteiger partial charge in [0.15, 0.2) is 0 Å². The highest BCUT2D eigenvalue weighted by Crippen LogP contribution is 2.62. The number of hydrogen-bond acceptors (Lipinski definition) is 2. The van der Waals surface area contributed by atoms with Crippen molar-refractivity contribution in [2.45, 2.75) is 43.8 Å². The van der Waals surface area contributed by atoms with Crippen LogP contribution in [-0.2, 0) is 9.47 Å². The molecule has 0 saturated heterocycles. The molecule has 0 radical (unpaired) electrons. The molecule has 3 fully saturated rings. The first kappa shape index (κ1) is 12.4. The van der Waals surface area contributed by atoms with Gasteiger partial charge in [-0.3, -0.25) is 0 Å². The summed E-state index contributed by atoms with van der Waals surface area (Å²) in [5.74, 6) is 2.46. The van der Waals surface area contributed by atoms with Crippen molar-refractivity contribution >= 4 is 0 Å². The molecule has 18 heavy (non-hydrogen) atoms. The Balaban J connectivity index is 1.68. The van der Waals surface area contributed by atoms with Gasteiger partial charge < -0.3 is 9.47 Å². The molecule has 2 nitrogen and oxygen atoms in total. The van der Waals surface area contributed by atoms with Crippen molar-refractivity contribution in [1.82, 2.24) is 0 Å². The smallest absolute Gasteiger partial charge is 0.0721 e. The lowest BCUT2D eigenvalue weighted by atomic mass is 9.79. The Morgan fingerprint density at radius 1 is 1.17 bits per heavy atom.